The van der Waals surface area contributed by atoms with Gasteiger partial charge in [0.15, 0.2) is 5.78 Å². The average Bonchev–Trinajstić information content (AvgIpc) is 2.46. The zero-order chi connectivity index (χ0) is 12.8. The summed E-state index contributed by atoms with van der Waals surface area (Å²) in [4.78, 5) is 14.5. The summed E-state index contributed by atoms with van der Waals surface area (Å²) in [5, 5.41) is 0. The lowest BCUT2D eigenvalue weighted by Crippen LogP contribution is -2.37. The summed E-state index contributed by atoms with van der Waals surface area (Å²) in [7, 11) is 0. The zero-order valence-corrected chi connectivity index (χ0v) is 11.0. The molecule has 0 radical (unpaired) electrons. The molecule has 1 saturated heterocycles. The Hall–Kier alpha value is -1.19. The van der Waals surface area contributed by atoms with Gasteiger partial charge in [0.1, 0.15) is 0 Å². The molecule has 0 amide bonds. The van der Waals surface area contributed by atoms with E-state index >= 15 is 0 Å². The first-order chi connectivity index (χ1) is 8.77. The molecule has 1 aliphatic heterocycles. The maximum absolute atomic E-state index is 12.2. The first kappa shape index (κ1) is 13.2. The van der Waals surface area contributed by atoms with Crippen molar-refractivity contribution in [1.82, 2.24) is 4.90 Å². The van der Waals surface area contributed by atoms with Crippen LogP contribution >= 0.6 is 0 Å². The maximum Gasteiger partial charge on any atom is 0.165 e. The third-order valence-corrected chi connectivity index (χ3v) is 3.49. The van der Waals surface area contributed by atoms with Gasteiger partial charge < -0.3 is 4.74 Å². The van der Waals surface area contributed by atoms with Gasteiger partial charge in [-0.15, -0.1) is 0 Å². The van der Waals surface area contributed by atoms with Crippen molar-refractivity contribution in [3.63, 3.8) is 0 Å². The molecule has 3 heteroatoms. The van der Waals surface area contributed by atoms with E-state index in [1.165, 1.54) is 0 Å². The summed E-state index contributed by atoms with van der Waals surface area (Å²) in [6.45, 7) is 6.64. The summed E-state index contributed by atoms with van der Waals surface area (Å²) >= 11 is 0. The van der Waals surface area contributed by atoms with E-state index < -0.39 is 0 Å². The molecule has 0 aromatic heterocycles. The van der Waals surface area contributed by atoms with Crippen LogP contribution in [0.2, 0.25) is 0 Å². The number of morpholine rings is 1. The lowest BCUT2D eigenvalue weighted by molar-refractivity contribution is 0.0355. The van der Waals surface area contributed by atoms with E-state index in [1.54, 1.807) is 0 Å². The van der Waals surface area contributed by atoms with Gasteiger partial charge in [0.25, 0.3) is 0 Å². The van der Waals surface area contributed by atoms with Crippen molar-refractivity contribution in [3.8, 4) is 0 Å². The van der Waals surface area contributed by atoms with Crippen LogP contribution in [0.3, 0.4) is 0 Å². The number of hydrogen-bond acceptors (Lipinski definition) is 3. The standard InChI is InChI=1S/C15H21NO2/c1-13(7-8-16-9-11-18-12-10-16)15(17)14-5-3-2-4-6-14/h2-6,13H,7-12H2,1H3. The van der Waals surface area contributed by atoms with Crippen LogP contribution in [0.1, 0.15) is 23.7 Å². The van der Waals surface area contributed by atoms with Gasteiger partial charge in [0, 0.05) is 24.6 Å². The second kappa shape index (κ2) is 6.66. The highest BCUT2D eigenvalue weighted by Gasteiger charge is 2.17. The zero-order valence-electron chi connectivity index (χ0n) is 11.0. The second-order valence-electron chi connectivity index (χ2n) is 4.87. The molecule has 1 aromatic rings. The Balaban J connectivity index is 1.80. The fraction of sp³-hybridized carbons (Fsp3) is 0.533. The van der Waals surface area contributed by atoms with Crippen molar-refractivity contribution < 1.29 is 9.53 Å². The highest BCUT2D eigenvalue weighted by molar-refractivity contribution is 5.97. The topological polar surface area (TPSA) is 29.5 Å². The lowest BCUT2D eigenvalue weighted by Gasteiger charge is -2.27. The summed E-state index contributed by atoms with van der Waals surface area (Å²) in [5.41, 5.74) is 0.826. The van der Waals surface area contributed by atoms with E-state index in [2.05, 4.69) is 4.90 Å². The van der Waals surface area contributed by atoms with Crippen LogP contribution in [0, 0.1) is 5.92 Å². The van der Waals surface area contributed by atoms with E-state index in [0.29, 0.717) is 0 Å². The predicted molar refractivity (Wildman–Crippen MR) is 71.8 cm³/mol. The van der Waals surface area contributed by atoms with E-state index in [4.69, 9.17) is 4.74 Å². The van der Waals surface area contributed by atoms with Crippen molar-refractivity contribution in [3.05, 3.63) is 35.9 Å². The van der Waals surface area contributed by atoms with Crippen molar-refractivity contribution in [2.75, 3.05) is 32.8 Å². The molecule has 1 aliphatic rings. The predicted octanol–water partition coefficient (Wildman–Crippen LogP) is 2.23. The van der Waals surface area contributed by atoms with Crippen LogP contribution in [0.5, 0.6) is 0 Å². The second-order valence-corrected chi connectivity index (χ2v) is 4.87. The molecule has 1 heterocycles. The van der Waals surface area contributed by atoms with Gasteiger partial charge in [-0.2, -0.15) is 0 Å². The average molecular weight is 247 g/mol. The van der Waals surface area contributed by atoms with Gasteiger partial charge in [0.2, 0.25) is 0 Å². The highest BCUT2D eigenvalue weighted by Crippen LogP contribution is 2.13. The van der Waals surface area contributed by atoms with Crippen LogP contribution in [0.15, 0.2) is 30.3 Å². The van der Waals surface area contributed by atoms with E-state index in [0.717, 1.165) is 44.8 Å². The van der Waals surface area contributed by atoms with Gasteiger partial charge in [-0.3, -0.25) is 9.69 Å². The highest BCUT2D eigenvalue weighted by atomic mass is 16.5. The van der Waals surface area contributed by atoms with E-state index in [1.807, 2.05) is 37.3 Å². The Labute approximate surface area is 109 Å². The molecule has 3 nitrogen and oxygen atoms in total. The van der Waals surface area contributed by atoms with Crippen LogP contribution in [-0.4, -0.2) is 43.5 Å². The number of ether oxygens (including phenoxy) is 1. The SMILES string of the molecule is CC(CCN1CCOCC1)C(=O)c1ccccc1. The number of benzene rings is 1. The fourth-order valence-electron chi connectivity index (χ4n) is 2.22. The Morgan fingerprint density at radius 3 is 2.61 bits per heavy atom. The number of nitrogens with zero attached hydrogens (tertiary/aromatic N) is 1. The number of carbonyl (C=O) groups excluding carboxylic acids is 1. The van der Waals surface area contributed by atoms with Crippen LogP contribution in [0.25, 0.3) is 0 Å². The normalized spacial score (nSPS) is 18.5. The minimum absolute atomic E-state index is 0.0928. The third kappa shape index (κ3) is 3.65. The molecule has 98 valence electrons. The first-order valence-corrected chi connectivity index (χ1v) is 6.67. The third-order valence-electron chi connectivity index (χ3n) is 3.49. The van der Waals surface area contributed by atoms with Crippen LogP contribution < -0.4 is 0 Å². The molecule has 0 N–H and O–H groups in total. The Bertz CT molecular complexity index is 371. The van der Waals surface area contributed by atoms with Crippen molar-refractivity contribution in [1.29, 1.82) is 0 Å². The van der Waals surface area contributed by atoms with Gasteiger partial charge in [-0.25, -0.2) is 0 Å². The van der Waals surface area contributed by atoms with Crippen molar-refractivity contribution in [2.24, 2.45) is 5.92 Å². The summed E-state index contributed by atoms with van der Waals surface area (Å²) in [6.07, 6.45) is 0.924. The minimum Gasteiger partial charge on any atom is -0.379 e. The lowest BCUT2D eigenvalue weighted by atomic mass is 9.96. The van der Waals surface area contributed by atoms with Crippen LogP contribution in [-0.2, 0) is 4.74 Å². The molecule has 0 aliphatic carbocycles. The van der Waals surface area contributed by atoms with Gasteiger partial charge in [0.05, 0.1) is 13.2 Å². The number of Topliss-reactive ketones (excluding diaryl/α,β-unsaturated/α-hetero) is 1. The Morgan fingerprint density at radius 1 is 1.28 bits per heavy atom. The van der Waals surface area contributed by atoms with Crippen molar-refractivity contribution >= 4 is 5.78 Å². The Kier molecular flexibility index (Phi) is 4.90. The Morgan fingerprint density at radius 2 is 1.94 bits per heavy atom. The molecule has 1 fully saturated rings. The van der Waals surface area contributed by atoms with E-state index in [-0.39, 0.29) is 11.7 Å². The minimum atomic E-state index is 0.0928. The monoisotopic (exact) mass is 247 g/mol. The number of ketones is 1. The molecular formula is C15H21NO2. The van der Waals surface area contributed by atoms with Crippen LogP contribution in [0.4, 0.5) is 0 Å². The summed E-state index contributed by atoms with van der Waals surface area (Å²) in [5.74, 6) is 0.346. The molecule has 0 bridgehead atoms. The van der Waals surface area contributed by atoms with Gasteiger partial charge in [-0.1, -0.05) is 37.3 Å². The summed E-state index contributed by atoms with van der Waals surface area (Å²) in [6, 6.07) is 9.57. The molecule has 1 aromatic carbocycles. The first-order valence-electron chi connectivity index (χ1n) is 6.67. The van der Waals surface area contributed by atoms with Crippen molar-refractivity contribution in [2.45, 2.75) is 13.3 Å². The molecular weight excluding hydrogens is 226 g/mol. The number of hydrogen-bond donors (Lipinski definition) is 0. The smallest absolute Gasteiger partial charge is 0.165 e. The maximum atomic E-state index is 12.2. The largest absolute Gasteiger partial charge is 0.379 e. The molecule has 1 atom stereocenters. The molecule has 2 rings (SSSR count). The van der Waals surface area contributed by atoms with Gasteiger partial charge >= 0.3 is 0 Å². The number of carbonyl (C=O) groups is 1. The molecule has 1 unspecified atom stereocenters. The molecule has 0 spiro atoms. The van der Waals surface area contributed by atoms with Gasteiger partial charge in [-0.05, 0) is 13.0 Å². The molecule has 18 heavy (non-hydrogen) atoms. The fourth-order valence-corrected chi connectivity index (χ4v) is 2.22. The summed E-state index contributed by atoms with van der Waals surface area (Å²) < 4.78 is 5.31. The number of rotatable bonds is 5. The molecule has 0 saturated carbocycles. The van der Waals surface area contributed by atoms with E-state index in [9.17, 15) is 4.79 Å². The quantitative estimate of drug-likeness (QED) is 0.747.